The van der Waals surface area contributed by atoms with Crippen LogP contribution in [0.5, 0.6) is 0 Å². The molecule has 1 N–H and O–H groups in total. The lowest BCUT2D eigenvalue weighted by Gasteiger charge is -2.25. The molecule has 1 aromatic rings. The van der Waals surface area contributed by atoms with Crippen LogP contribution in [0, 0.1) is 6.92 Å². The zero-order valence-electron chi connectivity index (χ0n) is 13.8. The van der Waals surface area contributed by atoms with E-state index in [0.717, 1.165) is 75.3 Å². The second-order valence-electron chi connectivity index (χ2n) is 6.37. The fraction of sp³-hybridized carbons (Fsp3) is 0.750. The Bertz CT molecular complexity index is 516. The van der Waals surface area contributed by atoms with E-state index in [1.807, 2.05) is 13.0 Å². The maximum atomic E-state index is 5.64. The van der Waals surface area contributed by atoms with E-state index in [1.54, 1.807) is 0 Å². The average Bonchev–Trinajstić information content (AvgIpc) is 3.13. The molecule has 7 heteroatoms. The van der Waals surface area contributed by atoms with E-state index in [-0.39, 0.29) is 0 Å². The maximum Gasteiger partial charge on any atom is 0.169 e. The summed E-state index contributed by atoms with van der Waals surface area (Å²) in [6, 6.07) is 2.01. The second-order valence-corrected chi connectivity index (χ2v) is 6.75. The third kappa shape index (κ3) is 4.89. The van der Waals surface area contributed by atoms with Gasteiger partial charge in [0, 0.05) is 51.9 Å². The van der Waals surface area contributed by atoms with Gasteiger partial charge in [0.25, 0.3) is 0 Å². The van der Waals surface area contributed by atoms with Gasteiger partial charge in [0.05, 0.1) is 11.8 Å². The van der Waals surface area contributed by atoms with Gasteiger partial charge in [0.2, 0.25) is 0 Å². The predicted molar refractivity (Wildman–Crippen MR) is 92.3 cm³/mol. The number of hydrogen-bond acceptors (Lipinski definition) is 5. The van der Waals surface area contributed by atoms with Crippen molar-refractivity contribution < 1.29 is 9.26 Å². The number of rotatable bonds is 4. The Morgan fingerprint density at radius 1 is 1.35 bits per heavy atom. The first-order valence-electron chi connectivity index (χ1n) is 8.49. The number of hydrogen-bond donors (Lipinski definition) is 1. The van der Waals surface area contributed by atoms with Crippen LogP contribution >= 0.6 is 12.2 Å². The lowest BCUT2D eigenvalue weighted by Crippen LogP contribution is -2.44. The molecule has 3 heterocycles. The van der Waals surface area contributed by atoms with Crippen LogP contribution in [0.4, 0.5) is 0 Å². The zero-order chi connectivity index (χ0) is 16.1. The maximum absolute atomic E-state index is 5.64. The molecule has 3 rings (SSSR count). The summed E-state index contributed by atoms with van der Waals surface area (Å²) in [5.41, 5.74) is 1.01. The molecule has 0 aromatic carbocycles. The molecule has 6 nitrogen and oxygen atoms in total. The highest BCUT2D eigenvalue weighted by atomic mass is 32.1. The molecule has 2 aliphatic heterocycles. The van der Waals surface area contributed by atoms with Crippen molar-refractivity contribution in [2.75, 3.05) is 39.3 Å². The van der Waals surface area contributed by atoms with E-state index in [9.17, 15) is 0 Å². The number of nitrogens with zero attached hydrogens (tertiary/aromatic N) is 3. The summed E-state index contributed by atoms with van der Waals surface area (Å²) in [4.78, 5) is 4.69. The fourth-order valence-corrected chi connectivity index (χ4v) is 3.44. The molecule has 128 valence electrons. The SMILES string of the molecule is Cc1cc(CN2CCCN(C(=S)NCC3CCCO3)CC2)no1. The molecular weight excluding hydrogens is 312 g/mol. The van der Waals surface area contributed by atoms with Crippen LogP contribution in [0.25, 0.3) is 0 Å². The minimum atomic E-state index is 0.326. The monoisotopic (exact) mass is 338 g/mol. The van der Waals surface area contributed by atoms with Crippen molar-refractivity contribution in [1.82, 2.24) is 20.3 Å². The number of thiocarbonyl (C=S) groups is 1. The summed E-state index contributed by atoms with van der Waals surface area (Å²) >= 11 is 5.55. The van der Waals surface area contributed by atoms with Gasteiger partial charge in [-0.05, 0) is 38.4 Å². The molecule has 0 amide bonds. The van der Waals surface area contributed by atoms with Crippen LogP contribution in [0.3, 0.4) is 0 Å². The van der Waals surface area contributed by atoms with Gasteiger partial charge in [0.1, 0.15) is 5.76 Å². The molecule has 1 atom stereocenters. The highest BCUT2D eigenvalue weighted by Crippen LogP contribution is 2.12. The van der Waals surface area contributed by atoms with Gasteiger partial charge in [-0.1, -0.05) is 5.16 Å². The lowest BCUT2D eigenvalue weighted by atomic mass is 10.2. The normalized spacial score (nSPS) is 23.0. The van der Waals surface area contributed by atoms with E-state index in [2.05, 4.69) is 20.3 Å². The first-order valence-corrected chi connectivity index (χ1v) is 8.90. The van der Waals surface area contributed by atoms with E-state index >= 15 is 0 Å². The molecule has 1 aromatic heterocycles. The van der Waals surface area contributed by atoms with Crippen LogP contribution in [-0.4, -0.2) is 65.5 Å². The topological polar surface area (TPSA) is 53.8 Å². The highest BCUT2D eigenvalue weighted by Gasteiger charge is 2.20. The minimum absolute atomic E-state index is 0.326. The molecule has 23 heavy (non-hydrogen) atoms. The molecule has 2 fully saturated rings. The standard InChI is InChI=1S/C16H26N4O2S/c1-13-10-14(18-22-13)12-19-5-3-6-20(8-7-19)16(23)17-11-15-4-2-9-21-15/h10,15H,2-9,11-12H2,1H3,(H,17,23). The smallest absolute Gasteiger partial charge is 0.169 e. The summed E-state index contributed by atoms with van der Waals surface area (Å²) in [6.45, 7) is 8.51. The predicted octanol–water partition coefficient (Wildman–Crippen LogP) is 1.54. The van der Waals surface area contributed by atoms with Crippen LogP contribution in [-0.2, 0) is 11.3 Å². The molecule has 0 bridgehead atoms. The van der Waals surface area contributed by atoms with E-state index in [1.165, 1.54) is 6.42 Å². The van der Waals surface area contributed by atoms with E-state index < -0.39 is 0 Å². The summed E-state index contributed by atoms with van der Waals surface area (Å²) < 4.78 is 10.8. The summed E-state index contributed by atoms with van der Waals surface area (Å²) in [6.07, 6.45) is 3.74. The average molecular weight is 338 g/mol. The number of aryl methyl sites for hydroxylation is 1. The summed E-state index contributed by atoms with van der Waals surface area (Å²) in [7, 11) is 0. The van der Waals surface area contributed by atoms with Gasteiger partial charge in [-0.3, -0.25) is 4.90 Å². The Morgan fingerprint density at radius 2 is 2.26 bits per heavy atom. The van der Waals surface area contributed by atoms with Crippen molar-refractivity contribution >= 4 is 17.3 Å². The van der Waals surface area contributed by atoms with E-state index in [4.69, 9.17) is 21.5 Å². The van der Waals surface area contributed by atoms with Crippen molar-refractivity contribution in [3.63, 3.8) is 0 Å². The third-order valence-corrected chi connectivity index (χ3v) is 4.85. The Balaban J connectivity index is 1.42. The van der Waals surface area contributed by atoms with Gasteiger partial charge in [-0.25, -0.2) is 0 Å². The Hall–Kier alpha value is -1.18. The first-order chi connectivity index (χ1) is 11.2. The Labute approximate surface area is 143 Å². The van der Waals surface area contributed by atoms with Gasteiger partial charge in [-0.2, -0.15) is 0 Å². The minimum Gasteiger partial charge on any atom is -0.376 e. The molecular formula is C16H26N4O2S. The van der Waals surface area contributed by atoms with Gasteiger partial charge >= 0.3 is 0 Å². The molecule has 0 spiro atoms. The van der Waals surface area contributed by atoms with Crippen LogP contribution < -0.4 is 5.32 Å². The number of ether oxygens (including phenoxy) is 1. The number of aromatic nitrogens is 1. The summed E-state index contributed by atoms with van der Waals surface area (Å²) in [5.74, 6) is 0.871. The lowest BCUT2D eigenvalue weighted by molar-refractivity contribution is 0.113. The molecule has 0 saturated carbocycles. The van der Waals surface area contributed by atoms with Crippen molar-refractivity contribution in [3.05, 3.63) is 17.5 Å². The Kier molecular flexibility index (Phi) is 5.85. The third-order valence-electron chi connectivity index (χ3n) is 4.44. The van der Waals surface area contributed by atoms with E-state index in [0.29, 0.717) is 6.10 Å². The number of nitrogens with one attached hydrogen (secondary N) is 1. The van der Waals surface area contributed by atoms with Crippen LogP contribution in [0.15, 0.2) is 10.6 Å². The van der Waals surface area contributed by atoms with Crippen molar-refractivity contribution in [2.24, 2.45) is 0 Å². The van der Waals surface area contributed by atoms with Gasteiger partial charge in [0.15, 0.2) is 5.11 Å². The Morgan fingerprint density at radius 3 is 3.00 bits per heavy atom. The molecule has 2 aliphatic rings. The first kappa shape index (κ1) is 16.7. The van der Waals surface area contributed by atoms with Crippen molar-refractivity contribution in [2.45, 2.75) is 38.8 Å². The molecule has 1 unspecified atom stereocenters. The van der Waals surface area contributed by atoms with Crippen LogP contribution in [0.2, 0.25) is 0 Å². The van der Waals surface area contributed by atoms with Crippen molar-refractivity contribution in [1.29, 1.82) is 0 Å². The zero-order valence-corrected chi connectivity index (χ0v) is 14.6. The molecule has 0 aliphatic carbocycles. The fourth-order valence-electron chi connectivity index (χ4n) is 3.17. The summed E-state index contributed by atoms with van der Waals surface area (Å²) in [5, 5.41) is 8.32. The quantitative estimate of drug-likeness (QED) is 0.836. The van der Waals surface area contributed by atoms with Gasteiger partial charge < -0.3 is 19.5 Å². The molecule has 0 radical (unpaired) electrons. The van der Waals surface area contributed by atoms with Crippen molar-refractivity contribution in [3.8, 4) is 0 Å². The second kappa shape index (κ2) is 8.08. The molecule has 2 saturated heterocycles. The largest absolute Gasteiger partial charge is 0.376 e. The van der Waals surface area contributed by atoms with Gasteiger partial charge in [-0.15, -0.1) is 0 Å². The van der Waals surface area contributed by atoms with Crippen LogP contribution in [0.1, 0.15) is 30.7 Å². The highest BCUT2D eigenvalue weighted by molar-refractivity contribution is 7.80.